The van der Waals surface area contributed by atoms with E-state index in [4.69, 9.17) is 4.74 Å². The van der Waals surface area contributed by atoms with Crippen LogP contribution in [0.15, 0.2) is 0 Å². The first-order valence-electron chi connectivity index (χ1n) is 6.75. The van der Waals surface area contributed by atoms with Crippen LogP contribution in [0.25, 0.3) is 0 Å². The zero-order valence-corrected chi connectivity index (χ0v) is 9.78. The Hall–Kier alpha value is -0.570. The van der Waals surface area contributed by atoms with Gasteiger partial charge in [-0.2, -0.15) is 0 Å². The van der Waals surface area contributed by atoms with Crippen LogP contribution in [-0.2, 0) is 9.53 Å². The molecule has 2 unspecified atom stereocenters. The van der Waals surface area contributed by atoms with Crippen molar-refractivity contribution in [2.75, 3.05) is 0 Å². The average Bonchev–Trinajstić information content (AvgIpc) is 2.52. The second kappa shape index (κ2) is 4.36. The number of fused-ring (bicyclic) bond motifs is 2. The van der Waals surface area contributed by atoms with Crippen molar-refractivity contribution in [2.45, 2.75) is 69.6 Å². The lowest BCUT2D eigenvalue weighted by Gasteiger charge is -2.30. The summed E-state index contributed by atoms with van der Waals surface area (Å²) in [4.78, 5) is 11.7. The van der Waals surface area contributed by atoms with E-state index in [1.54, 1.807) is 0 Å². The minimum Gasteiger partial charge on any atom is -0.462 e. The molecule has 2 aliphatic heterocycles. The summed E-state index contributed by atoms with van der Waals surface area (Å²) in [7, 11) is 0. The van der Waals surface area contributed by atoms with Crippen molar-refractivity contribution in [2.24, 2.45) is 5.92 Å². The van der Waals surface area contributed by atoms with Gasteiger partial charge in [-0.15, -0.1) is 0 Å². The lowest BCUT2D eigenvalue weighted by Crippen LogP contribution is -2.39. The first kappa shape index (κ1) is 10.6. The molecule has 3 heteroatoms. The zero-order chi connectivity index (χ0) is 11.0. The molecule has 0 aromatic heterocycles. The van der Waals surface area contributed by atoms with E-state index in [1.807, 2.05) is 0 Å². The van der Waals surface area contributed by atoms with Crippen LogP contribution in [0.4, 0.5) is 0 Å². The van der Waals surface area contributed by atoms with Gasteiger partial charge in [-0.05, 0) is 50.9 Å². The van der Waals surface area contributed by atoms with E-state index in [0.29, 0.717) is 24.4 Å². The van der Waals surface area contributed by atoms with Gasteiger partial charge < -0.3 is 10.1 Å². The summed E-state index contributed by atoms with van der Waals surface area (Å²) in [5.41, 5.74) is 0. The number of carbonyl (C=O) groups excluding carboxylic acids is 1. The molecule has 3 nitrogen and oxygen atoms in total. The Kier molecular flexibility index (Phi) is 2.88. The fourth-order valence-electron chi connectivity index (χ4n) is 3.30. The fourth-order valence-corrected chi connectivity index (χ4v) is 3.30. The van der Waals surface area contributed by atoms with E-state index < -0.39 is 0 Å². The van der Waals surface area contributed by atoms with Crippen molar-refractivity contribution in [3.8, 4) is 0 Å². The normalized spacial score (nSPS) is 38.1. The Morgan fingerprint density at radius 1 is 1.12 bits per heavy atom. The predicted molar refractivity (Wildman–Crippen MR) is 61.0 cm³/mol. The minimum atomic E-state index is 0.0519. The highest BCUT2D eigenvalue weighted by Crippen LogP contribution is 2.33. The number of hydrogen-bond acceptors (Lipinski definition) is 3. The molecule has 0 spiro atoms. The molecule has 0 aromatic carbocycles. The van der Waals surface area contributed by atoms with Gasteiger partial charge in [0.05, 0.1) is 0 Å². The number of piperidine rings is 1. The average molecular weight is 223 g/mol. The van der Waals surface area contributed by atoms with E-state index in [-0.39, 0.29) is 12.1 Å². The second-order valence-corrected chi connectivity index (χ2v) is 5.72. The van der Waals surface area contributed by atoms with E-state index >= 15 is 0 Å². The van der Waals surface area contributed by atoms with Gasteiger partial charge in [-0.25, -0.2) is 0 Å². The van der Waals surface area contributed by atoms with E-state index in [0.717, 1.165) is 12.8 Å². The molecule has 2 heterocycles. The monoisotopic (exact) mass is 223 g/mol. The Bertz CT molecular complexity index is 263. The molecule has 2 atom stereocenters. The summed E-state index contributed by atoms with van der Waals surface area (Å²) < 4.78 is 5.42. The smallest absolute Gasteiger partial charge is 0.306 e. The molecular formula is C13H21NO2. The van der Waals surface area contributed by atoms with Crippen molar-refractivity contribution in [1.29, 1.82) is 0 Å². The highest BCUT2D eigenvalue weighted by atomic mass is 16.5. The Morgan fingerprint density at radius 2 is 1.81 bits per heavy atom. The molecule has 2 saturated heterocycles. The van der Waals surface area contributed by atoms with Crippen LogP contribution < -0.4 is 5.32 Å². The van der Waals surface area contributed by atoms with Crippen LogP contribution in [0.5, 0.6) is 0 Å². The molecule has 3 aliphatic rings. The van der Waals surface area contributed by atoms with Crippen LogP contribution in [0.3, 0.4) is 0 Å². The SMILES string of the molecule is O=C(CC1CC2CCC(C1)N2)OC1CCC1. The van der Waals surface area contributed by atoms with Crippen LogP contribution in [-0.4, -0.2) is 24.2 Å². The van der Waals surface area contributed by atoms with E-state index in [9.17, 15) is 4.79 Å². The summed E-state index contributed by atoms with van der Waals surface area (Å²) in [5.74, 6) is 0.627. The van der Waals surface area contributed by atoms with Crippen molar-refractivity contribution in [3.63, 3.8) is 0 Å². The minimum absolute atomic E-state index is 0.0519. The molecule has 16 heavy (non-hydrogen) atoms. The van der Waals surface area contributed by atoms with Gasteiger partial charge in [-0.1, -0.05) is 0 Å². The number of hydrogen-bond donors (Lipinski definition) is 1. The van der Waals surface area contributed by atoms with Gasteiger partial charge in [0.25, 0.3) is 0 Å². The summed E-state index contributed by atoms with van der Waals surface area (Å²) in [6, 6.07) is 1.36. The summed E-state index contributed by atoms with van der Waals surface area (Å²) in [6.07, 6.45) is 9.28. The van der Waals surface area contributed by atoms with Gasteiger partial charge in [0.15, 0.2) is 0 Å². The fraction of sp³-hybridized carbons (Fsp3) is 0.923. The third kappa shape index (κ3) is 2.24. The van der Waals surface area contributed by atoms with Crippen LogP contribution >= 0.6 is 0 Å². The molecule has 0 radical (unpaired) electrons. The number of esters is 1. The zero-order valence-electron chi connectivity index (χ0n) is 9.78. The molecule has 2 bridgehead atoms. The van der Waals surface area contributed by atoms with Crippen molar-refractivity contribution >= 4 is 5.97 Å². The molecule has 0 aromatic rings. The summed E-state index contributed by atoms with van der Waals surface area (Å²) in [5, 5.41) is 3.60. The van der Waals surface area contributed by atoms with Gasteiger partial charge in [-0.3, -0.25) is 4.79 Å². The first-order valence-corrected chi connectivity index (χ1v) is 6.75. The number of nitrogens with one attached hydrogen (secondary N) is 1. The van der Waals surface area contributed by atoms with Crippen molar-refractivity contribution in [1.82, 2.24) is 5.32 Å². The third-order valence-corrected chi connectivity index (χ3v) is 4.38. The Labute approximate surface area is 96.9 Å². The Balaban J connectivity index is 1.45. The maximum Gasteiger partial charge on any atom is 0.306 e. The molecular weight excluding hydrogens is 202 g/mol. The van der Waals surface area contributed by atoms with Gasteiger partial charge in [0, 0.05) is 18.5 Å². The summed E-state index contributed by atoms with van der Waals surface area (Å²) in [6.45, 7) is 0. The first-order chi connectivity index (χ1) is 7.79. The van der Waals surface area contributed by atoms with Crippen molar-refractivity contribution in [3.05, 3.63) is 0 Å². The molecule has 90 valence electrons. The molecule has 0 amide bonds. The van der Waals surface area contributed by atoms with Crippen LogP contribution in [0, 0.1) is 5.92 Å². The van der Waals surface area contributed by atoms with Crippen molar-refractivity contribution < 1.29 is 9.53 Å². The lowest BCUT2D eigenvalue weighted by molar-refractivity contribution is -0.154. The van der Waals surface area contributed by atoms with Crippen LogP contribution in [0.2, 0.25) is 0 Å². The molecule has 3 rings (SSSR count). The number of carbonyl (C=O) groups is 1. The molecule has 1 N–H and O–H groups in total. The second-order valence-electron chi connectivity index (χ2n) is 5.72. The van der Waals surface area contributed by atoms with Gasteiger partial charge in [0.2, 0.25) is 0 Å². The lowest BCUT2D eigenvalue weighted by atomic mass is 9.89. The third-order valence-electron chi connectivity index (χ3n) is 4.38. The summed E-state index contributed by atoms with van der Waals surface area (Å²) >= 11 is 0. The van der Waals surface area contributed by atoms with Gasteiger partial charge in [0.1, 0.15) is 6.10 Å². The molecule has 1 aliphatic carbocycles. The van der Waals surface area contributed by atoms with Gasteiger partial charge >= 0.3 is 5.97 Å². The van der Waals surface area contributed by atoms with E-state index in [2.05, 4.69) is 5.32 Å². The predicted octanol–water partition coefficient (Wildman–Crippen LogP) is 2.00. The van der Waals surface area contributed by atoms with Crippen LogP contribution in [0.1, 0.15) is 51.4 Å². The Morgan fingerprint density at radius 3 is 2.38 bits per heavy atom. The largest absolute Gasteiger partial charge is 0.462 e. The number of ether oxygens (including phenoxy) is 1. The topological polar surface area (TPSA) is 38.3 Å². The maximum absolute atomic E-state index is 11.7. The highest BCUT2D eigenvalue weighted by molar-refractivity contribution is 5.70. The molecule has 1 saturated carbocycles. The quantitative estimate of drug-likeness (QED) is 0.744. The number of rotatable bonds is 3. The highest BCUT2D eigenvalue weighted by Gasteiger charge is 2.34. The van der Waals surface area contributed by atoms with E-state index in [1.165, 1.54) is 32.1 Å². The maximum atomic E-state index is 11.7. The molecule has 3 fully saturated rings. The standard InChI is InChI=1S/C13H21NO2/c15-13(16-12-2-1-3-12)8-9-6-10-4-5-11(7-9)14-10/h9-12,14H,1-8H2.